The molecular formula is C33H36FN3O5. The minimum Gasteiger partial charge on any atom is -0.481 e. The van der Waals surface area contributed by atoms with E-state index >= 15 is 0 Å². The zero-order valence-electron chi connectivity index (χ0n) is 23.7. The number of benzene rings is 3. The third-order valence-corrected chi connectivity index (χ3v) is 7.00. The number of halogens is 1. The Kier molecular flexibility index (Phi) is 10.2. The molecule has 0 saturated heterocycles. The molecule has 4 aromatic rings. The Hall–Kier alpha value is -4.34. The number of aliphatic carboxylic acids is 1. The standard InChI is InChI=1S/C33H36FN3O5/c1-21(2)31-30(33(42)35-20-22-7-6-10-25(17-22)23-8-4-3-5-9-23)36-32(24-11-13-26(34)14-12-24)37(31)16-15-27(38)18-28(39)19-29(40)41/h3-14,17,21,27-28,38-39H,15-16,18-20H2,1-2H3,(H,35,42)(H,40,41)/t27-,28-/m1/s1. The van der Waals surface area contributed by atoms with Crippen molar-refractivity contribution in [3.05, 3.63) is 102 Å². The molecule has 1 heterocycles. The number of imidazole rings is 1. The van der Waals surface area contributed by atoms with Crippen LogP contribution in [-0.4, -0.2) is 49.0 Å². The third-order valence-electron chi connectivity index (χ3n) is 7.00. The smallest absolute Gasteiger partial charge is 0.305 e. The molecule has 4 rings (SSSR count). The first kappa shape index (κ1) is 30.6. The summed E-state index contributed by atoms with van der Waals surface area (Å²) < 4.78 is 15.6. The molecule has 0 saturated carbocycles. The molecule has 0 unspecified atom stereocenters. The summed E-state index contributed by atoms with van der Waals surface area (Å²) in [6.07, 6.45) is -2.52. The lowest BCUT2D eigenvalue weighted by Crippen LogP contribution is -2.25. The summed E-state index contributed by atoms with van der Waals surface area (Å²) in [5.74, 6) is -1.58. The van der Waals surface area contributed by atoms with E-state index in [9.17, 15) is 24.2 Å². The maximum absolute atomic E-state index is 13.7. The highest BCUT2D eigenvalue weighted by molar-refractivity contribution is 5.94. The van der Waals surface area contributed by atoms with Gasteiger partial charge in [0.1, 0.15) is 17.3 Å². The third kappa shape index (κ3) is 7.90. The quantitative estimate of drug-likeness (QED) is 0.170. The van der Waals surface area contributed by atoms with Gasteiger partial charge >= 0.3 is 5.97 Å². The van der Waals surface area contributed by atoms with Crippen molar-refractivity contribution in [1.29, 1.82) is 0 Å². The Labute approximate surface area is 244 Å². The Balaban J connectivity index is 1.59. The molecule has 1 amide bonds. The van der Waals surface area contributed by atoms with E-state index in [1.165, 1.54) is 12.1 Å². The van der Waals surface area contributed by atoms with Crippen LogP contribution in [0.15, 0.2) is 78.9 Å². The number of aliphatic hydroxyl groups excluding tert-OH is 2. The highest BCUT2D eigenvalue weighted by atomic mass is 19.1. The predicted octanol–water partition coefficient (Wildman–Crippen LogP) is 5.39. The molecule has 220 valence electrons. The van der Waals surface area contributed by atoms with Crippen LogP contribution in [0.3, 0.4) is 0 Å². The molecular weight excluding hydrogens is 537 g/mol. The van der Waals surface area contributed by atoms with Crippen molar-refractivity contribution in [3.63, 3.8) is 0 Å². The van der Waals surface area contributed by atoms with Crippen LogP contribution in [0.1, 0.15) is 60.8 Å². The molecule has 0 spiro atoms. The summed E-state index contributed by atoms with van der Waals surface area (Å²) in [4.78, 5) is 29.1. The predicted molar refractivity (Wildman–Crippen MR) is 158 cm³/mol. The van der Waals surface area contributed by atoms with E-state index in [-0.39, 0.29) is 43.5 Å². The second-order valence-electron chi connectivity index (χ2n) is 10.7. The van der Waals surface area contributed by atoms with Crippen LogP contribution >= 0.6 is 0 Å². The molecule has 9 heteroatoms. The summed E-state index contributed by atoms with van der Waals surface area (Å²) in [6, 6.07) is 23.7. The van der Waals surface area contributed by atoms with Crippen LogP contribution in [0.4, 0.5) is 4.39 Å². The number of carbonyl (C=O) groups is 2. The number of aromatic nitrogens is 2. The van der Waals surface area contributed by atoms with E-state index in [2.05, 4.69) is 5.32 Å². The fourth-order valence-corrected chi connectivity index (χ4v) is 5.02. The molecule has 2 atom stereocenters. The lowest BCUT2D eigenvalue weighted by Gasteiger charge is -2.19. The number of carbonyl (C=O) groups excluding carboxylic acids is 1. The van der Waals surface area contributed by atoms with Gasteiger partial charge in [-0.3, -0.25) is 9.59 Å². The summed E-state index contributed by atoms with van der Waals surface area (Å²) in [5, 5.41) is 32.4. The van der Waals surface area contributed by atoms with Crippen LogP contribution in [0, 0.1) is 5.82 Å². The van der Waals surface area contributed by atoms with E-state index in [4.69, 9.17) is 10.1 Å². The summed E-state index contributed by atoms with van der Waals surface area (Å²) >= 11 is 0. The van der Waals surface area contributed by atoms with Crippen molar-refractivity contribution < 1.29 is 29.3 Å². The van der Waals surface area contributed by atoms with Gasteiger partial charge in [-0.1, -0.05) is 62.4 Å². The van der Waals surface area contributed by atoms with E-state index in [0.717, 1.165) is 16.7 Å². The van der Waals surface area contributed by atoms with Crippen molar-refractivity contribution in [2.24, 2.45) is 0 Å². The van der Waals surface area contributed by atoms with Gasteiger partial charge in [0.05, 0.1) is 24.3 Å². The Morgan fingerprint density at radius 2 is 1.60 bits per heavy atom. The maximum atomic E-state index is 13.7. The van der Waals surface area contributed by atoms with Gasteiger partial charge in [0.15, 0.2) is 0 Å². The van der Waals surface area contributed by atoms with E-state index < -0.39 is 30.4 Å². The molecule has 0 aliphatic rings. The largest absolute Gasteiger partial charge is 0.481 e. The summed E-state index contributed by atoms with van der Waals surface area (Å²) in [5.41, 5.74) is 4.55. The van der Waals surface area contributed by atoms with Gasteiger partial charge in [0.25, 0.3) is 5.91 Å². The van der Waals surface area contributed by atoms with Crippen molar-refractivity contribution in [3.8, 4) is 22.5 Å². The van der Waals surface area contributed by atoms with Gasteiger partial charge in [0.2, 0.25) is 0 Å². The van der Waals surface area contributed by atoms with Crippen molar-refractivity contribution in [2.75, 3.05) is 0 Å². The number of hydrogen-bond donors (Lipinski definition) is 4. The number of carboxylic acids is 1. The molecule has 3 aromatic carbocycles. The van der Waals surface area contributed by atoms with Gasteiger partial charge < -0.3 is 25.2 Å². The van der Waals surface area contributed by atoms with Crippen molar-refractivity contribution >= 4 is 11.9 Å². The van der Waals surface area contributed by atoms with E-state index in [0.29, 0.717) is 17.1 Å². The summed E-state index contributed by atoms with van der Waals surface area (Å²) in [7, 11) is 0. The molecule has 0 aliphatic carbocycles. The molecule has 8 nitrogen and oxygen atoms in total. The van der Waals surface area contributed by atoms with Crippen molar-refractivity contribution in [2.45, 2.75) is 64.3 Å². The number of rotatable bonds is 13. The highest BCUT2D eigenvalue weighted by Crippen LogP contribution is 2.29. The lowest BCUT2D eigenvalue weighted by atomic mass is 10.0. The van der Waals surface area contributed by atoms with Crippen LogP contribution in [0.25, 0.3) is 22.5 Å². The molecule has 0 fully saturated rings. The number of amides is 1. The Bertz CT molecular complexity index is 1500. The van der Waals surface area contributed by atoms with E-state index in [1.807, 2.05) is 73.0 Å². The highest BCUT2D eigenvalue weighted by Gasteiger charge is 2.26. The maximum Gasteiger partial charge on any atom is 0.305 e. The average Bonchev–Trinajstić information content (AvgIpc) is 3.35. The van der Waals surface area contributed by atoms with Crippen LogP contribution in [0.2, 0.25) is 0 Å². The number of nitrogens with one attached hydrogen (secondary N) is 1. The number of aliphatic hydroxyl groups is 2. The molecule has 42 heavy (non-hydrogen) atoms. The van der Waals surface area contributed by atoms with Gasteiger partial charge in [-0.05, 0) is 65.8 Å². The van der Waals surface area contributed by atoms with Crippen LogP contribution < -0.4 is 5.32 Å². The first-order chi connectivity index (χ1) is 20.1. The molecule has 0 radical (unpaired) electrons. The van der Waals surface area contributed by atoms with Crippen LogP contribution in [0.5, 0.6) is 0 Å². The fraction of sp³-hybridized carbons (Fsp3) is 0.303. The number of nitrogens with zero attached hydrogens (tertiary/aromatic N) is 2. The minimum atomic E-state index is -1.18. The van der Waals surface area contributed by atoms with Crippen LogP contribution in [-0.2, 0) is 17.9 Å². The number of hydrogen-bond acceptors (Lipinski definition) is 5. The fourth-order valence-electron chi connectivity index (χ4n) is 5.02. The first-order valence-electron chi connectivity index (χ1n) is 14.0. The summed E-state index contributed by atoms with van der Waals surface area (Å²) in [6.45, 7) is 4.42. The number of carboxylic acid groups (broad SMARTS) is 1. The van der Waals surface area contributed by atoms with Gasteiger partial charge in [0, 0.05) is 18.7 Å². The second kappa shape index (κ2) is 14.0. The SMILES string of the molecule is CC(C)c1c(C(=O)NCc2cccc(-c3ccccc3)c2)nc(-c2ccc(F)cc2)n1CC[C@@H](O)C[C@@H](O)CC(=O)O. The van der Waals surface area contributed by atoms with Crippen molar-refractivity contribution in [1.82, 2.24) is 14.9 Å². The van der Waals surface area contributed by atoms with Gasteiger partial charge in [-0.15, -0.1) is 0 Å². The normalized spacial score (nSPS) is 12.7. The molecule has 0 aliphatic heterocycles. The average molecular weight is 574 g/mol. The second-order valence-corrected chi connectivity index (χ2v) is 10.7. The lowest BCUT2D eigenvalue weighted by molar-refractivity contribution is -0.139. The molecule has 1 aromatic heterocycles. The first-order valence-corrected chi connectivity index (χ1v) is 14.0. The molecule has 4 N–H and O–H groups in total. The van der Waals surface area contributed by atoms with Gasteiger partial charge in [-0.2, -0.15) is 0 Å². The molecule has 0 bridgehead atoms. The van der Waals surface area contributed by atoms with E-state index in [1.54, 1.807) is 12.1 Å². The Morgan fingerprint density at radius 1 is 0.905 bits per heavy atom. The topological polar surface area (TPSA) is 125 Å². The minimum absolute atomic E-state index is 0.0979. The zero-order valence-corrected chi connectivity index (χ0v) is 23.7. The van der Waals surface area contributed by atoms with Gasteiger partial charge in [-0.25, -0.2) is 9.37 Å². The Morgan fingerprint density at radius 3 is 2.26 bits per heavy atom. The zero-order chi connectivity index (χ0) is 30.2. The monoisotopic (exact) mass is 573 g/mol.